The van der Waals surface area contributed by atoms with E-state index in [0.29, 0.717) is 28.4 Å². The number of rotatable bonds is 6. The Morgan fingerprint density at radius 2 is 1.67 bits per heavy atom. The number of carbonyl (C=O) groups excluding carboxylic acids is 1. The summed E-state index contributed by atoms with van der Waals surface area (Å²) in [7, 11) is 4.53. The van der Waals surface area contributed by atoms with Gasteiger partial charge in [-0.2, -0.15) is 0 Å². The Morgan fingerprint density at radius 1 is 1.04 bits per heavy atom. The zero-order valence-electron chi connectivity index (χ0n) is 13.4. The maximum absolute atomic E-state index is 13.2. The zero-order chi connectivity index (χ0) is 17.7. The molecule has 0 heterocycles. The summed E-state index contributed by atoms with van der Waals surface area (Å²) in [5.41, 5.74) is 0.983. The number of benzene rings is 2. The van der Waals surface area contributed by atoms with Crippen molar-refractivity contribution in [3.05, 3.63) is 58.4 Å². The average Bonchev–Trinajstić information content (AvgIpc) is 2.60. The molecule has 0 radical (unpaired) electrons. The number of ether oxygens (including phenoxy) is 3. The van der Waals surface area contributed by atoms with E-state index in [1.165, 1.54) is 39.5 Å². The van der Waals surface area contributed by atoms with Gasteiger partial charge in [-0.25, -0.2) is 4.39 Å². The van der Waals surface area contributed by atoms with E-state index in [1.807, 2.05) is 0 Å². The first-order chi connectivity index (χ1) is 11.5. The van der Waals surface area contributed by atoms with E-state index in [9.17, 15) is 9.18 Å². The van der Waals surface area contributed by atoms with E-state index in [-0.39, 0.29) is 10.8 Å². The summed E-state index contributed by atoms with van der Waals surface area (Å²) >= 11 is 5.69. The maximum atomic E-state index is 13.2. The van der Waals surface area contributed by atoms with Gasteiger partial charge in [0.25, 0.3) is 0 Å². The average molecular weight is 351 g/mol. The van der Waals surface area contributed by atoms with Crippen LogP contribution in [0.1, 0.15) is 15.9 Å². The normalized spacial score (nSPS) is 10.7. The lowest BCUT2D eigenvalue weighted by Crippen LogP contribution is -1.96. The highest BCUT2D eigenvalue weighted by molar-refractivity contribution is 6.31. The highest BCUT2D eigenvalue weighted by Gasteiger charge is 2.12. The van der Waals surface area contributed by atoms with Crippen LogP contribution in [0.5, 0.6) is 17.2 Å². The number of hydrogen-bond donors (Lipinski definition) is 0. The monoisotopic (exact) mass is 350 g/mol. The molecule has 24 heavy (non-hydrogen) atoms. The smallest absolute Gasteiger partial charge is 0.203 e. The molecule has 2 aromatic rings. The molecule has 0 atom stereocenters. The van der Waals surface area contributed by atoms with Crippen molar-refractivity contribution < 1.29 is 23.4 Å². The van der Waals surface area contributed by atoms with E-state index in [4.69, 9.17) is 25.8 Å². The summed E-state index contributed by atoms with van der Waals surface area (Å²) in [6, 6.07) is 7.25. The van der Waals surface area contributed by atoms with Gasteiger partial charge in [0.1, 0.15) is 5.82 Å². The number of halogens is 2. The Hall–Kier alpha value is -2.53. The van der Waals surface area contributed by atoms with Crippen LogP contribution in [0.25, 0.3) is 6.08 Å². The van der Waals surface area contributed by atoms with Crippen LogP contribution in [0.4, 0.5) is 4.39 Å². The summed E-state index contributed by atoms with van der Waals surface area (Å²) in [6.45, 7) is 0. The molecule has 0 aliphatic rings. The third kappa shape index (κ3) is 3.86. The molecule has 0 saturated carbocycles. The Morgan fingerprint density at radius 3 is 2.17 bits per heavy atom. The maximum Gasteiger partial charge on any atom is 0.203 e. The third-order valence-electron chi connectivity index (χ3n) is 3.32. The molecule has 0 aromatic heterocycles. The highest BCUT2D eigenvalue weighted by atomic mass is 35.5. The predicted molar refractivity (Wildman–Crippen MR) is 90.9 cm³/mol. The third-order valence-corrected chi connectivity index (χ3v) is 3.61. The molecule has 0 amide bonds. The molecule has 2 rings (SSSR count). The first kappa shape index (κ1) is 17.8. The van der Waals surface area contributed by atoms with Gasteiger partial charge in [-0.3, -0.25) is 4.79 Å². The van der Waals surface area contributed by atoms with Gasteiger partial charge < -0.3 is 14.2 Å². The van der Waals surface area contributed by atoms with Crippen molar-refractivity contribution in [2.45, 2.75) is 0 Å². The summed E-state index contributed by atoms with van der Waals surface area (Å²) in [6.07, 6.45) is 2.97. The molecule has 6 heteroatoms. The fourth-order valence-electron chi connectivity index (χ4n) is 2.12. The standard InChI is InChI=1S/C18H16ClFO4/c1-22-16-8-11(9-17(23-2)18(16)24-3)4-7-15(21)12-5-6-14(20)13(19)10-12/h4-10H,1-3H3. The molecule has 126 valence electrons. The topological polar surface area (TPSA) is 44.8 Å². The minimum atomic E-state index is -0.568. The van der Waals surface area contributed by atoms with Crippen LogP contribution in [-0.4, -0.2) is 27.1 Å². The number of ketones is 1. The van der Waals surface area contributed by atoms with Gasteiger partial charge in [0.05, 0.1) is 26.4 Å². The summed E-state index contributed by atoms with van der Waals surface area (Å²) < 4.78 is 28.9. The summed E-state index contributed by atoms with van der Waals surface area (Å²) in [5.74, 6) is 0.559. The van der Waals surface area contributed by atoms with Gasteiger partial charge in [-0.15, -0.1) is 0 Å². The van der Waals surface area contributed by atoms with Crippen LogP contribution in [-0.2, 0) is 0 Å². The van der Waals surface area contributed by atoms with Crippen molar-refractivity contribution in [2.75, 3.05) is 21.3 Å². The van der Waals surface area contributed by atoms with Crippen LogP contribution in [0.3, 0.4) is 0 Å². The van der Waals surface area contributed by atoms with Crippen LogP contribution < -0.4 is 14.2 Å². The number of methoxy groups -OCH3 is 3. The number of carbonyl (C=O) groups is 1. The molecule has 0 bridgehead atoms. The van der Waals surface area contributed by atoms with E-state index in [2.05, 4.69) is 0 Å². The Balaban J connectivity index is 2.30. The Kier molecular flexibility index (Phi) is 5.82. The number of hydrogen-bond acceptors (Lipinski definition) is 4. The molecule has 4 nitrogen and oxygen atoms in total. The second-order valence-electron chi connectivity index (χ2n) is 4.79. The second kappa shape index (κ2) is 7.84. The molecule has 0 aliphatic heterocycles. The SMILES string of the molecule is COc1cc(C=CC(=O)c2ccc(F)c(Cl)c2)cc(OC)c1OC. The van der Waals surface area contributed by atoms with Crippen molar-refractivity contribution in [3.63, 3.8) is 0 Å². The predicted octanol–water partition coefficient (Wildman–Crippen LogP) is 4.40. The van der Waals surface area contributed by atoms with Crippen LogP contribution in [0.2, 0.25) is 5.02 Å². The van der Waals surface area contributed by atoms with E-state index in [1.54, 1.807) is 18.2 Å². The highest BCUT2D eigenvalue weighted by Crippen LogP contribution is 2.38. The quantitative estimate of drug-likeness (QED) is 0.572. The van der Waals surface area contributed by atoms with Gasteiger partial charge in [0.15, 0.2) is 17.3 Å². The van der Waals surface area contributed by atoms with E-state index >= 15 is 0 Å². The van der Waals surface area contributed by atoms with Crippen LogP contribution in [0, 0.1) is 5.82 Å². The molecule has 0 fully saturated rings. The van der Waals surface area contributed by atoms with Gasteiger partial charge >= 0.3 is 0 Å². The number of allylic oxidation sites excluding steroid dienone is 1. The van der Waals surface area contributed by atoms with Crippen LogP contribution >= 0.6 is 11.6 Å². The van der Waals surface area contributed by atoms with Gasteiger partial charge in [0.2, 0.25) is 5.75 Å². The van der Waals surface area contributed by atoms with Crippen LogP contribution in [0.15, 0.2) is 36.4 Å². The van der Waals surface area contributed by atoms with E-state index < -0.39 is 5.82 Å². The zero-order valence-corrected chi connectivity index (χ0v) is 14.2. The lowest BCUT2D eigenvalue weighted by atomic mass is 10.1. The Labute approximate surface area is 144 Å². The first-order valence-electron chi connectivity index (χ1n) is 6.97. The lowest BCUT2D eigenvalue weighted by molar-refractivity contribution is 0.104. The van der Waals surface area contributed by atoms with Crippen molar-refractivity contribution in [1.82, 2.24) is 0 Å². The lowest BCUT2D eigenvalue weighted by Gasteiger charge is -2.12. The molecule has 0 N–H and O–H groups in total. The molecule has 0 unspecified atom stereocenters. The summed E-state index contributed by atoms with van der Waals surface area (Å²) in [4.78, 5) is 12.2. The molecular weight excluding hydrogens is 335 g/mol. The molecule has 0 saturated heterocycles. The van der Waals surface area contributed by atoms with Gasteiger partial charge in [0, 0.05) is 5.56 Å². The summed E-state index contributed by atoms with van der Waals surface area (Å²) in [5, 5.41) is -0.0953. The fourth-order valence-corrected chi connectivity index (χ4v) is 2.30. The largest absolute Gasteiger partial charge is 0.493 e. The minimum Gasteiger partial charge on any atom is -0.493 e. The van der Waals surface area contributed by atoms with Crippen molar-refractivity contribution >= 4 is 23.5 Å². The Bertz CT molecular complexity index is 762. The van der Waals surface area contributed by atoms with Crippen molar-refractivity contribution in [1.29, 1.82) is 0 Å². The first-order valence-corrected chi connectivity index (χ1v) is 7.35. The van der Waals surface area contributed by atoms with Gasteiger partial charge in [-0.1, -0.05) is 17.7 Å². The van der Waals surface area contributed by atoms with Crippen molar-refractivity contribution in [2.24, 2.45) is 0 Å². The molecular formula is C18H16ClFO4. The molecule has 0 spiro atoms. The van der Waals surface area contributed by atoms with E-state index in [0.717, 1.165) is 6.07 Å². The van der Waals surface area contributed by atoms with Crippen molar-refractivity contribution in [3.8, 4) is 17.2 Å². The second-order valence-corrected chi connectivity index (χ2v) is 5.19. The fraction of sp³-hybridized carbons (Fsp3) is 0.167. The molecule has 2 aromatic carbocycles. The minimum absolute atomic E-state index is 0.0953. The molecule has 0 aliphatic carbocycles. The van der Waals surface area contributed by atoms with Gasteiger partial charge in [-0.05, 0) is 42.0 Å².